The van der Waals surface area contributed by atoms with E-state index in [1.807, 2.05) is 0 Å². The Kier molecular flexibility index (Phi) is 8.58. The van der Waals surface area contributed by atoms with E-state index in [9.17, 15) is 36.3 Å². The van der Waals surface area contributed by atoms with Crippen molar-refractivity contribution in [1.29, 1.82) is 0 Å². The maximum atomic E-state index is 13.8. The topological polar surface area (TPSA) is 142 Å². The second-order valence-electron chi connectivity index (χ2n) is 10.9. The summed E-state index contributed by atoms with van der Waals surface area (Å²) in [7, 11) is -4.37. The van der Waals surface area contributed by atoms with Gasteiger partial charge in [-0.05, 0) is 56.5 Å². The molecule has 230 valence electrons. The summed E-state index contributed by atoms with van der Waals surface area (Å²) < 4.78 is 75.5. The molecule has 1 amide bonds. The van der Waals surface area contributed by atoms with Crippen LogP contribution in [-0.4, -0.2) is 71.7 Å². The normalized spacial score (nSPS) is 16.1. The zero-order valence-electron chi connectivity index (χ0n) is 23.7. The van der Waals surface area contributed by atoms with Crippen molar-refractivity contribution in [2.75, 3.05) is 29.3 Å². The van der Waals surface area contributed by atoms with Crippen LogP contribution in [0.15, 0.2) is 59.8 Å². The molecule has 15 heteroatoms. The number of alkyl halides is 3. The van der Waals surface area contributed by atoms with Crippen LogP contribution in [0, 0.1) is 6.92 Å². The first-order chi connectivity index (χ1) is 20.0. The van der Waals surface area contributed by atoms with Gasteiger partial charge in [-0.1, -0.05) is 24.3 Å². The van der Waals surface area contributed by atoms with E-state index in [2.05, 4.69) is 14.7 Å². The van der Waals surface area contributed by atoms with E-state index in [1.165, 1.54) is 29.3 Å². The van der Waals surface area contributed by atoms with E-state index in [4.69, 9.17) is 4.74 Å². The molecule has 11 nitrogen and oxygen atoms in total. The van der Waals surface area contributed by atoms with Gasteiger partial charge in [-0.3, -0.25) is 9.62 Å². The maximum absolute atomic E-state index is 13.8. The Labute approximate surface area is 246 Å². The number of anilines is 2. The molecule has 1 aromatic carbocycles. The third kappa shape index (κ3) is 7.34. The molecule has 0 bridgehead atoms. The highest BCUT2D eigenvalue weighted by atomic mass is 32.2. The molecule has 1 atom stereocenters. The molecule has 0 saturated carbocycles. The van der Waals surface area contributed by atoms with Crippen molar-refractivity contribution in [1.82, 2.24) is 14.9 Å². The van der Waals surface area contributed by atoms with Gasteiger partial charge in [0.25, 0.3) is 10.0 Å². The predicted octanol–water partition coefficient (Wildman–Crippen LogP) is 4.78. The number of nitrogens with zero attached hydrogens (tertiary/aromatic N) is 4. The van der Waals surface area contributed by atoms with E-state index < -0.39 is 45.5 Å². The first-order valence-corrected chi connectivity index (χ1v) is 14.5. The number of carbonyl (C=O) groups is 2. The summed E-state index contributed by atoms with van der Waals surface area (Å²) in [4.78, 5) is 34.8. The molecule has 4 rings (SSSR count). The van der Waals surface area contributed by atoms with Gasteiger partial charge in [0.2, 0.25) is 0 Å². The number of halogens is 3. The largest absolute Gasteiger partial charge is 0.480 e. The van der Waals surface area contributed by atoms with Crippen LogP contribution in [0.25, 0.3) is 11.1 Å². The number of hydrogen-bond acceptors (Lipinski definition) is 8. The summed E-state index contributed by atoms with van der Waals surface area (Å²) in [5.74, 6) is -1.49. The Morgan fingerprint density at radius 3 is 2.37 bits per heavy atom. The van der Waals surface area contributed by atoms with Crippen molar-refractivity contribution in [3.05, 3.63) is 66.0 Å². The lowest BCUT2D eigenvalue weighted by Gasteiger charge is -2.40. The van der Waals surface area contributed by atoms with Crippen LogP contribution in [0.4, 0.5) is 29.6 Å². The van der Waals surface area contributed by atoms with Crippen molar-refractivity contribution in [2.24, 2.45) is 0 Å². The molecule has 1 aliphatic rings. The second kappa shape index (κ2) is 11.7. The molecule has 2 aromatic heterocycles. The van der Waals surface area contributed by atoms with Crippen molar-refractivity contribution in [2.45, 2.75) is 50.4 Å². The number of rotatable bonds is 6. The minimum absolute atomic E-state index is 0.0278. The number of amides is 1. The molecule has 43 heavy (non-hydrogen) atoms. The average molecular weight is 622 g/mol. The third-order valence-corrected chi connectivity index (χ3v) is 7.88. The van der Waals surface area contributed by atoms with Gasteiger partial charge >= 0.3 is 18.2 Å². The Morgan fingerprint density at radius 1 is 1.05 bits per heavy atom. The highest BCUT2D eigenvalue weighted by Crippen LogP contribution is 2.39. The van der Waals surface area contributed by atoms with Gasteiger partial charge in [-0.15, -0.1) is 0 Å². The number of benzene rings is 1. The SMILES string of the molecule is Cc1ccccc1-c1cc(NS(=O)(=O)c2ccnc(N3CCN(C(=O)OC(C)(C)C)[C@@H](C(=O)O)C3)c2)ncc1C(F)(F)F. The van der Waals surface area contributed by atoms with Crippen LogP contribution in [0.5, 0.6) is 0 Å². The number of sulfonamides is 1. The molecule has 2 N–H and O–H groups in total. The minimum atomic E-state index is -4.73. The molecule has 0 aliphatic carbocycles. The van der Waals surface area contributed by atoms with Crippen LogP contribution in [-0.2, 0) is 25.7 Å². The van der Waals surface area contributed by atoms with Gasteiger partial charge in [0.1, 0.15) is 23.3 Å². The smallest absolute Gasteiger partial charge is 0.418 e. The monoisotopic (exact) mass is 621 g/mol. The van der Waals surface area contributed by atoms with E-state index in [0.717, 1.165) is 11.0 Å². The molecule has 1 aliphatic heterocycles. The lowest BCUT2D eigenvalue weighted by atomic mass is 9.97. The van der Waals surface area contributed by atoms with Crippen LogP contribution >= 0.6 is 0 Å². The molecular weight excluding hydrogens is 591 g/mol. The fourth-order valence-corrected chi connectivity index (χ4v) is 5.52. The summed E-state index contributed by atoms with van der Waals surface area (Å²) in [5, 5.41) is 9.78. The number of hydrogen-bond donors (Lipinski definition) is 2. The molecule has 3 aromatic rings. The molecule has 3 heterocycles. The van der Waals surface area contributed by atoms with Gasteiger partial charge < -0.3 is 14.7 Å². The molecule has 1 fully saturated rings. The number of ether oxygens (including phenoxy) is 1. The highest BCUT2D eigenvalue weighted by Gasteiger charge is 2.38. The van der Waals surface area contributed by atoms with Crippen molar-refractivity contribution < 1.29 is 41.0 Å². The van der Waals surface area contributed by atoms with Crippen molar-refractivity contribution in [3.63, 3.8) is 0 Å². The van der Waals surface area contributed by atoms with Crippen LogP contribution in [0.2, 0.25) is 0 Å². The highest BCUT2D eigenvalue weighted by molar-refractivity contribution is 7.92. The number of aromatic nitrogens is 2. The number of pyridine rings is 2. The number of carboxylic acid groups (broad SMARTS) is 1. The fraction of sp³-hybridized carbons (Fsp3) is 0.357. The Bertz CT molecular complexity index is 1640. The van der Waals surface area contributed by atoms with Gasteiger partial charge in [-0.2, -0.15) is 13.2 Å². The zero-order valence-corrected chi connectivity index (χ0v) is 24.5. The summed E-state index contributed by atoms with van der Waals surface area (Å²) in [6.45, 7) is 6.52. The first-order valence-electron chi connectivity index (χ1n) is 13.1. The van der Waals surface area contributed by atoms with Gasteiger partial charge in [0.15, 0.2) is 0 Å². The van der Waals surface area contributed by atoms with Gasteiger partial charge in [0.05, 0.1) is 17.0 Å². The molecule has 0 spiro atoms. The zero-order chi connectivity index (χ0) is 31.7. The fourth-order valence-electron chi connectivity index (χ4n) is 4.51. The number of nitrogens with one attached hydrogen (secondary N) is 1. The molecule has 0 radical (unpaired) electrons. The Morgan fingerprint density at radius 2 is 1.74 bits per heavy atom. The maximum Gasteiger partial charge on any atom is 0.418 e. The number of aryl methyl sites for hydroxylation is 1. The number of aliphatic carboxylic acids is 1. The quantitative estimate of drug-likeness (QED) is 0.398. The molecular formula is C28H30F3N5O6S. The van der Waals surface area contributed by atoms with E-state index in [-0.39, 0.29) is 47.3 Å². The summed E-state index contributed by atoms with van der Waals surface area (Å²) in [6.07, 6.45) is -3.74. The predicted molar refractivity (Wildman–Crippen MR) is 151 cm³/mol. The summed E-state index contributed by atoms with van der Waals surface area (Å²) >= 11 is 0. The minimum Gasteiger partial charge on any atom is -0.480 e. The summed E-state index contributed by atoms with van der Waals surface area (Å²) in [5.41, 5.74) is -1.27. The van der Waals surface area contributed by atoms with E-state index in [0.29, 0.717) is 11.8 Å². The average Bonchev–Trinajstić information content (AvgIpc) is 2.91. The lowest BCUT2D eigenvalue weighted by molar-refractivity contribution is -0.143. The number of carbonyl (C=O) groups excluding carboxylic acids is 1. The van der Waals surface area contributed by atoms with Gasteiger partial charge in [0, 0.05) is 31.5 Å². The number of carboxylic acids is 1. The van der Waals surface area contributed by atoms with Crippen LogP contribution in [0.1, 0.15) is 31.9 Å². The molecule has 0 unspecified atom stereocenters. The Balaban J connectivity index is 1.60. The third-order valence-electron chi connectivity index (χ3n) is 6.53. The van der Waals surface area contributed by atoms with E-state index in [1.54, 1.807) is 45.9 Å². The summed E-state index contributed by atoms with van der Waals surface area (Å²) in [6, 6.07) is 8.51. The number of piperazine rings is 1. The second-order valence-corrected chi connectivity index (χ2v) is 12.5. The standard InChI is InChI=1S/C28H30F3N5O6S/c1-17-7-5-6-8-19(17)20-14-23(33-15-21(20)28(29,30)31)34-43(40,41)18-9-10-32-24(13-18)35-11-12-36(22(16-35)25(37)38)26(39)42-27(2,3)4/h5-10,13-15,22H,11-12,16H2,1-4H3,(H,33,34)(H,37,38)/t22-/m1/s1. The van der Waals surface area contributed by atoms with Crippen LogP contribution in [0.3, 0.4) is 0 Å². The Hall–Kier alpha value is -4.40. The van der Waals surface area contributed by atoms with E-state index >= 15 is 0 Å². The first kappa shape index (κ1) is 31.5. The van der Waals surface area contributed by atoms with Crippen LogP contribution < -0.4 is 9.62 Å². The van der Waals surface area contributed by atoms with Gasteiger partial charge in [-0.25, -0.2) is 28.0 Å². The lowest BCUT2D eigenvalue weighted by Crippen LogP contribution is -2.59. The molecule has 1 saturated heterocycles. The van der Waals surface area contributed by atoms with Crippen molar-refractivity contribution in [3.8, 4) is 11.1 Å². The van der Waals surface area contributed by atoms with Crippen molar-refractivity contribution >= 4 is 33.7 Å².